The van der Waals surface area contributed by atoms with E-state index in [9.17, 15) is 9.59 Å². The fraction of sp³-hybridized carbons (Fsp3) is 0.333. The van der Waals surface area contributed by atoms with Gasteiger partial charge in [0.15, 0.2) is 6.61 Å². The minimum absolute atomic E-state index is 0.150. The highest BCUT2D eigenvalue weighted by Crippen LogP contribution is 2.23. The van der Waals surface area contributed by atoms with E-state index in [-0.39, 0.29) is 18.3 Å². The highest BCUT2D eigenvalue weighted by molar-refractivity contribution is 5.90. The number of carbonyl (C=O) groups is 2. The minimum atomic E-state index is -0.488. The van der Waals surface area contributed by atoms with Crippen LogP contribution in [0.4, 0.5) is 5.69 Å². The number of hydrogen-bond acceptors (Lipinski definition) is 5. The second-order valence-electron chi connectivity index (χ2n) is 3.49. The summed E-state index contributed by atoms with van der Waals surface area (Å²) in [5.74, 6) is -0.456. The van der Waals surface area contributed by atoms with Crippen molar-refractivity contribution in [1.82, 2.24) is 5.32 Å². The van der Waals surface area contributed by atoms with Gasteiger partial charge in [-0.3, -0.25) is 4.79 Å². The number of carbonyl (C=O) groups excluding carboxylic acids is 2. The van der Waals surface area contributed by atoms with E-state index < -0.39 is 5.97 Å². The van der Waals surface area contributed by atoms with Crippen LogP contribution in [-0.2, 0) is 9.53 Å². The third kappa shape index (κ3) is 3.65. The Morgan fingerprint density at radius 3 is 2.72 bits per heavy atom. The average Bonchev–Trinajstić information content (AvgIpc) is 2.37. The SMILES string of the molecule is CCNC(=O)COc1cc(C(=O)OC)ccc1N. The Balaban J connectivity index is 2.75. The fourth-order valence-electron chi connectivity index (χ4n) is 1.30. The van der Waals surface area contributed by atoms with Crippen molar-refractivity contribution < 1.29 is 19.1 Å². The van der Waals surface area contributed by atoms with Crippen molar-refractivity contribution >= 4 is 17.6 Å². The molecule has 0 radical (unpaired) electrons. The van der Waals surface area contributed by atoms with Crippen LogP contribution in [0.15, 0.2) is 18.2 Å². The maximum atomic E-state index is 11.3. The third-order valence-corrected chi connectivity index (χ3v) is 2.17. The van der Waals surface area contributed by atoms with E-state index in [4.69, 9.17) is 10.5 Å². The molecule has 0 fully saturated rings. The molecule has 0 saturated heterocycles. The Bertz CT molecular complexity index is 446. The summed E-state index contributed by atoms with van der Waals surface area (Å²) < 4.78 is 9.82. The van der Waals surface area contributed by atoms with Crippen LogP contribution < -0.4 is 15.8 Å². The van der Waals surface area contributed by atoms with Gasteiger partial charge in [0.2, 0.25) is 0 Å². The van der Waals surface area contributed by atoms with Gasteiger partial charge in [0.1, 0.15) is 5.75 Å². The Morgan fingerprint density at radius 2 is 2.11 bits per heavy atom. The molecule has 0 aliphatic heterocycles. The minimum Gasteiger partial charge on any atom is -0.482 e. The van der Waals surface area contributed by atoms with Gasteiger partial charge in [-0.1, -0.05) is 0 Å². The molecule has 0 atom stereocenters. The lowest BCUT2D eigenvalue weighted by atomic mass is 10.2. The molecule has 0 saturated carbocycles. The number of nitrogens with two attached hydrogens (primary N) is 1. The summed E-state index contributed by atoms with van der Waals surface area (Å²) in [7, 11) is 1.29. The number of esters is 1. The predicted octanol–water partition coefficient (Wildman–Crippen LogP) is 0.570. The first-order valence-corrected chi connectivity index (χ1v) is 5.45. The van der Waals surface area contributed by atoms with Crippen LogP contribution in [0, 0.1) is 0 Å². The van der Waals surface area contributed by atoms with E-state index >= 15 is 0 Å². The zero-order chi connectivity index (χ0) is 13.5. The molecule has 6 nitrogen and oxygen atoms in total. The molecule has 1 aromatic rings. The third-order valence-electron chi connectivity index (χ3n) is 2.17. The van der Waals surface area contributed by atoms with Crippen molar-refractivity contribution in [2.45, 2.75) is 6.92 Å². The van der Waals surface area contributed by atoms with E-state index in [2.05, 4.69) is 10.1 Å². The number of amides is 1. The molecule has 0 unspecified atom stereocenters. The predicted molar refractivity (Wildman–Crippen MR) is 66.4 cm³/mol. The van der Waals surface area contributed by atoms with Gasteiger partial charge in [0.25, 0.3) is 5.91 Å². The van der Waals surface area contributed by atoms with Gasteiger partial charge in [0, 0.05) is 6.54 Å². The van der Waals surface area contributed by atoms with E-state index in [1.165, 1.54) is 25.3 Å². The van der Waals surface area contributed by atoms with Gasteiger partial charge in [-0.05, 0) is 25.1 Å². The van der Waals surface area contributed by atoms with E-state index in [1.807, 2.05) is 6.92 Å². The molecule has 3 N–H and O–H groups in total. The molecule has 1 amide bonds. The Kier molecular flexibility index (Phi) is 4.98. The summed E-state index contributed by atoms with van der Waals surface area (Å²) in [4.78, 5) is 22.6. The van der Waals surface area contributed by atoms with E-state index in [1.54, 1.807) is 0 Å². The zero-order valence-electron chi connectivity index (χ0n) is 10.4. The molecule has 6 heteroatoms. The number of methoxy groups -OCH3 is 1. The number of rotatable bonds is 5. The van der Waals surface area contributed by atoms with Crippen molar-refractivity contribution in [3.05, 3.63) is 23.8 Å². The number of anilines is 1. The summed E-state index contributed by atoms with van der Waals surface area (Å²) in [5.41, 5.74) is 6.35. The first kappa shape index (κ1) is 13.8. The molecule has 0 aromatic heterocycles. The summed E-state index contributed by atoms with van der Waals surface area (Å²) in [6.07, 6.45) is 0. The molecule has 0 aliphatic carbocycles. The van der Waals surface area contributed by atoms with Crippen LogP contribution in [-0.4, -0.2) is 32.1 Å². The van der Waals surface area contributed by atoms with Crippen LogP contribution >= 0.6 is 0 Å². The molecular weight excluding hydrogens is 236 g/mol. The van der Waals surface area contributed by atoms with Gasteiger partial charge in [0.05, 0.1) is 18.4 Å². The summed E-state index contributed by atoms with van der Waals surface area (Å²) in [6, 6.07) is 4.50. The topological polar surface area (TPSA) is 90.6 Å². The molecule has 0 bridgehead atoms. The second-order valence-corrected chi connectivity index (χ2v) is 3.49. The van der Waals surface area contributed by atoms with Crippen molar-refractivity contribution in [2.24, 2.45) is 0 Å². The standard InChI is InChI=1S/C12H16N2O4/c1-3-14-11(15)7-18-10-6-8(12(16)17-2)4-5-9(10)13/h4-6H,3,7,13H2,1-2H3,(H,14,15). The normalized spacial score (nSPS) is 9.67. The van der Waals surface area contributed by atoms with Crippen molar-refractivity contribution in [3.63, 3.8) is 0 Å². The Hall–Kier alpha value is -2.24. The molecule has 0 spiro atoms. The maximum Gasteiger partial charge on any atom is 0.337 e. The lowest BCUT2D eigenvalue weighted by molar-refractivity contribution is -0.122. The Labute approximate surface area is 105 Å². The van der Waals surface area contributed by atoms with Crippen molar-refractivity contribution in [1.29, 1.82) is 0 Å². The van der Waals surface area contributed by atoms with Crippen LogP contribution in [0.1, 0.15) is 17.3 Å². The van der Waals surface area contributed by atoms with Crippen LogP contribution in [0.3, 0.4) is 0 Å². The van der Waals surface area contributed by atoms with E-state index in [0.717, 1.165) is 0 Å². The first-order chi connectivity index (χ1) is 8.58. The van der Waals surface area contributed by atoms with Gasteiger partial charge >= 0.3 is 5.97 Å². The van der Waals surface area contributed by atoms with Gasteiger partial charge in [-0.2, -0.15) is 0 Å². The summed E-state index contributed by atoms with van der Waals surface area (Å²) >= 11 is 0. The van der Waals surface area contributed by atoms with Crippen molar-refractivity contribution in [2.75, 3.05) is 26.0 Å². The molecule has 0 aliphatic rings. The first-order valence-electron chi connectivity index (χ1n) is 5.45. The molecule has 0 heterocycles. The number of benzene rings is 1. The number of ether oxygens (including phenoxy) is 2. The summed E-state index contributed by atoms with van der Waals surface area (Å²) in [6.45, 7) is 2.19. The maximum absolute atomic E-state index is 11.3. The largest absolute Gasteiger partial charge is 0.482 e. The Morgan fingerprint density at radius 1 is 1.39 bits per heavy atom. The second kappa shape index (κ2) is 6.48. The molecule has 1 rings (SSSR count). The number of nitrogens with one attached hydrogen (secondary N) is 1. The number of nitrogen functional groups attached to an aromatic ring is 1. The van der Waals surface area contributed by atoms with Crippen LogP contribution in [0.5, 0.6) is 5.75 Å². The molecule has 18 heavy (non-hydrogen) atoms. The van der Waals surface area contributed by atoms with Crippen LogP contribution in [0.25, 0.3) is 0 Å². The van der Waals surface area contributed by atoms with E-state index in [0.29, 0.717) is 17.8 Å². The van der Waals surface area contributed by atoms with Gasteiger partial charge < -0.3 is 20.5 Å². The quantitative estimate of drug-likeness (QED) is 0.590. The lowest BCUT2D eigenvalue weighted by Gasteiger charge is -2.09. The van der Waals surface area contributed by atoms with Gasteiger partial charge in [-0.15, -0.1) is 0 Å². The average molecular weight is 252 g/mol. The van der Waals surface area contributed by atoms with Crippen molar-refractivity contribution in [3.8, 4) is 5.75 Å². The van der Waals surface area contributed by atoms with Gasteiger partial charge in [-0.25, -0.2) is 4.79 Å². The number of likely N-dealkylation sites (N-methyl/N-ethyl adjacent to an activating group) is 1. The molecular formula is C12H16N2O4. The summed E-state index contributed by atoms with van der Waals surface area (Å²) in [5, 5.41) is 2.59. The fourth-order valence-corrected chi connectivity index (χ4v) is 1.30. The highest BCUT2D eigenvalue weighted by atomic mass is 16.5. The highest BCUT2D eigenvalue weighted by Gasteiger charge is 2.10. The smallest absolute Gasteiger partial charge is 0.337 e. The zero-order valence-corrected chi connectivity index (χ0v) is 10.4. The monoisotopic (exact) mass is 252 g/mol. The molecule has 98 valence electrons. The van der Waals surface area contributed by atoms with Crippen LogP contribution in [0.2, 0.25) is 0 Å². The lowest BCUT2D eigenvalue weighted by Crippen LogP contribution is -2.28. The molecule has 1 aromatic carbocycles. The number of hydrogen-bond donors (Lipinski definition) is 2.